The number of amidine groups is 1. The van der Waals surface area contributed by atoms with Crippen LogP contribution in [0.4, 0.5) is 5.69 Å². The van der Waals surface area contributed by atoms with Gasteiger partial charge in [0, 0.05) is 16.8 Å². The van der Waals surface area contributed by atoms with E-state index in [1.807, 2.05) is 60.7 Å². The van der Waals surface area contributed by atoms with Crippen LogP contribution < -0.4 is 11.5 Å². The van der Waals surface area contributed by atoms with Gasteiger partial charge in [-0.05, 0) is 35.2 Å². The number of benzene rings is 3. The number of anilines is 1. The lowest BCUT2D eigenvalue weighted by molar-refractivity contribution is 1.06. The first-order chi connectivity index (χ1) is 12.2. The number of aliphatic imine (C=N–C) groups is 1. The third-order valence-electron chi connectivity index (χ3n) is 4.29. The zero-order valence-corrected chi connectivity index (χ0v) is 14.4. The molecule has 0 aliphatic carbocycles. The largest absolute Gasteiger partial charge is 0.398 e. The summed E-state index contributed by atoms with van der Waals surface area (Å²) in [6, 6.07) is 24.4. The first-order valence-electron chi connectivity index (χ1n) is 8.50. The SMILES string of the molecule is CCc1ccc(N)c(-c2ccc(C(N)=NCc3ccccc3)cc2)c1. The molecule has 0 radical (unpaired) electrons. The van der Waals surface area contributed by atoms with E-state index in [0.29, 0.717) is 12.4 Å². The molecule has 3 rings (SSSR count). The molecule has 3 aromatic rings. The van der Waals surface area contributed by atoms with E-state index in [4.69, 9.17) is 11.5 Å². The van der Waals surface area contributed by atoms with E-state index >= 15 is 0 Å². The van der Waals surface area contributed by atoms with E-state index < -0.39 is 0 Å². The molecule has 3 nitrogen and oxygen atoms in total. The minimum absolute atomic E-state index is 0.547. The minimum atomic E-state index is 0.547. The summed E-state index contributed by atoms with van der Waals surface area (Å²) in [6.07, 6.45) is 0.991. The van der Waals surface area contributed by atoms with Crippen LogP contribution in [0.2, 0.25) is 0 Å². The smallest absolute Gasteiger partial charge is 0.125 e. The fraction of sp³-hybridized carbons (Fsp3) is 0.136. The normalized spacial score (nSPS) is 11.5. The molecular weight excluding hydrogens is 306 g/mol. The molecule has 0 aliphatic rings. The van der Waals surface area contributed by atoms with Crippen molar-refractivity contribution in [3.8, 4) is 11.1 Å². The van der Waals surface area contributed by atoms with Gasteiger partial charge in [0.25, 0.3) is 0 Å². The predicted octanol–water partition coefficient (Wildman–Crippen LogP) is 4.40. The van der Waals surface area contributed by atoms with Gasteiger partial charge in [-0.25, -0.2) is 0 Å². The van der Waals surface area contributed by atoms with Gasteiger partial charge in [-0.3, -0.25) is 4.99 Å². The monoisotopic (exact) mass is 329 g/mol. The molecule has 0 heterocycles. The summed E-state index contributed by atoms with van der Waals surface area (Å²) in [7, 11) is 0. The highest BCUT2D eigenvalue weighted by Gasteiger charge is 2.05. The van der Waals surface area contributed by atoms with Gasteiger partial charge >= 0.3 is 0 Å². The summed E-state index contributed by atoms with van der Waals surface area (Å²) in [5.41, 5.74) is 18.5. The molecule has 4 N–H and O–H groups in total. The van der Waals surface area contributed by atoms with E-state index in [1.54, 1.807) is 0 Å². The molecule has 0 spiro atoms. The maximum atomic E-state index is 6.14. The Balaban J connectivity index is 1.80. The van der Waals surface area contributed by atoms with E-state index in [2.05, 4.69) is 24.0 Å². The third-order valence-corrected chi connectivity index (χ3v) is 4.29. The predicted molar refractivity (Wildman–Crippen MR) is 107 cm³/mol. The van der Waals surface area contributed by atoms with Crippen LogP contribution in [0.1, 0.15) is 23.6 Å². The Hall–Kier alpha value is -3.07. The molecule has 0 saturated carbocycles. The standard InChI is InChI=1S/C22H23N3/c1-2-16-8-13-21(23)20(14-16)18-9-11-19(12-10-18)22(24)25-15-17-6-4-3-5-7-17/h3-14H,2,15,23H2,1H3,(H2,24,25). The fourth-order valence-corrected chi connectivity index (χ4v) is 2.75. The molecule has 3 heteroatoms. The molecule has 0 bridgehead atoms. The van der Waals surface area contributed by atoms with Crippen molar-refractivity contribution in [1.29, 1.82) is 0 Å². The van der Waals surface area contributed by atoms with E-state index in [1.165, 1.54) is 5.56 Å². The van der Waals surface area contributed by atoms with Crippen LogP contribution in [-0.4, -0.2) is 5.84 Å². The molecule has 0 unspecified atom stereocenters. The van der Waals surface area contributed by atoms with Crippen molar-refractivity contribution in [2.24, 2.45) is 10.7 Å². The van der Waals surface area contributed by atoms with Gasteiger partial charge in [0.15, 0.2) is 0 Å². The average molecular weight is 329 g/mol. The van der Waals surface area contributed by atoms with Gasteiger partial charge in [-0.15, -0.1) is 0 Å². The summed E-state index contributed by atoms with van der Waals surface area (Å²) >= 11 is 0. The molecule has 3 aromatic carbocycles. The number of hydrogen-bond acceptors (Lipinski definition) is 2. The van der Waals surface area contributed by atoms with Gasteiger partial charge < -0.3 is 11.5 Å². The van der Waals surface area contributed by atoms with Crippen LogP contribution in [0.5, 0.6) is 0 Å². The lowest BCUT2D eigenvalue weighted by Gasteiger charge is -2.09. The third kappa shape index (κ3) is 4.07. The van der Waals surface area contributed by atoms with Gasteiger partial charge in [-0.1, -0.05) is 67.6 Å². The highest BCUT2D eigenvalue weighted by Crippen LogP contribution is 2.27. The second-order valence-corrected chi connectivity index (χ2v) is 6.04. The topological polar surface area (TPSA) is 64.4 Å². The van der Waals surface area contributed by atoms with E-state index in [-0.39, 0.29) is 0 Å². The first-order valence-corrected chi connectivity index (χ1v) is 8.50. The van der Waals surface area contributed by atoms with Gasteiger partial charge in [0.2, 0.25) is 0 Å². The van der Waals surface area contributed by atoms with Crippen molar-refractivity contribution in [2.75, 3.05) is 5.73 Å². The zero-order chi connectivity index (χ0) is 17.6. The van der Waals surface area contributed by atoms with E-state index in [9.17, 15) is 0 Å². The number of nitrogen functional groups attached to an aromatic ring is 1. The summed E-state index contributed by atoms with van der Waals surface area (Å²) in [4.78, 5) is 4.48. The summed E-state index contributed by atoms with van der Waals surface area (Å²) in [6.45, 7) is 2.72. The maximum Gasteiger partial charge on any atom is 0.125 e. The van der Waals surface area contributed by atoms with Crippen molar-refractivity contribution in [3.05, 3.63) is 89.5 Å². The Bertz CT molecular complexity index is 866. The van der Waals surface area contributed by atoms with Crippen LogP contribution in [-0.2, 0) is 13.0 Å². The van der Waals surface area contributed by atoms with Gasteiger partial charge in [0.1, 0.15) is 5.84 Å². The first kappa shape index (κ1) is 16.8. The van der Waals surface area contributed by atoms with Gasteiger partial charge in [-0.2, -0.15) is 0 Å². The van der Waals surface area contributed by atoms with Crippen molar-refractivity contribution in [2.45, 2.75) is 19.9 Å². The van der Waals surface area contributed by atoms with E-state index in [0.717, 1.165) is 34.4 Å². The van der Waals surface area contributed by atoms with Crippen LogP contribution >= 0.6 is 0 Å². The lowest BCUT2D eigenvalue weighted by atomic mass is 9.99. The van der Waals surface area contributed by atoms with Crippen molar-refractivity contribution >= 4 is 11.5 Å². The molecule has 0 aromatic heterocycles. The molecular formula is C22H23N3. The van der Waals surface area contributed by atoms with Crippen molar-refractivity contribution in [1.82, 2.24) is 0 Å². The highest BCUT2D eigenvalue weighted by atomic mass is 14.8. The number of nitrogens with two attached hydrogens (primary N) is 2. The maximum absolute atomic E-state index is 6.14. The van der Waals surface area contributed by atoms with Gasteiger partial charge in [0.05, 0.1) is 6.54 Å². The molecule has 0 saturated heterocycles. The second kappa shape index (κ2) is 7.67. The Morgan fingerprint density at radius 2 is 1.60 bits per heavy atom. The minimum Gasteiger partial charge on any atom is -0.398 e. The van der Waals surface area contributed by atoms with Crippen molar-refractivity contribution in [3.63, 3.8) is 0 Å². The summed E-state index contributed by atoms with van der Waals surface area (Å²) in [5.74, 6) is 0.547. The van der Waals surface area contributed by atoms with Crippen LogP contribution in [0.3, 0.4) is 0 Å². The molecule has 25 heavy (non-hydrogen) atoms. The quantitative estimate of drug-likeness (QED) is 0.414. The summed E-state index contributed by atoms with van der Waals surface area (Å²) < 4.78 is 0. The number of rotatable bonds is 5. The number of hydrogen-bond donors (Lipinski definition) is 2. The lowest BCUT2D eigenvalue weighted by Crippen LogP contribution is -2.13. The summed E-state index contributed by atoms with van der Waals surface area (Å²) in [5, 5.41) is 0. The van der Waals surface area contributed by atoms with Crippen LogP contribution in [0, 0.1) is 0 Å². The Morgan fingerprint density at radius 1 is 0.880 bits per heavy atom. The molecule has 0 aliphatic heterocycles. The molecule has 126 valence electrons. The second-order valence-electron chi connectivity index (χ2n) is 6.04. The number of aryl methyl sites for hydroxylation is 1. The number of nitrogens with zero attached hydrogens (tertiary/aromatic N) is 1. The Kier molecular flexibility index (Phi) is 5.14. The van der Waals surface area contributed by atoms with Crippen LogP contribution in [0.25, 0.3) is 11.1 Å². The highest BCUT2D eigenvalue weighted by molar-refractivity contribution is 5.98. The van der Waals surface area contributed by atoms with Crippen molar-refractivity contribution < 1.29 is 0 Å². The molecule has 0 amide bonds. The Labute approximate surface area is 149 Å². The zero-order valence-electron chi connectivity index (χ0n) is 14.4. The molecule has 0 fully saturated rings. The van der Waals surface area contributed by atoms with Crippen LogP contribution in [0.15, 0.2) is 77.8 Å². The Morgan fingerprint density at radius 3 is 2.28 bits per heavy atom. The average Bonchev–Trinajstić information content (AvgIpc) is 2.67. The molecule has 0 atom stereocenters. The fourth-order valence-electron chi connectivity index (χ4n) is 2.75.